The molecule has 0 N–H and O–H groups in total. The zero-order valence-electron chi connectivity index (χ0n) is 14.4. The lowest BCUT2D eigenvalue weighted by Crippen LogP contribution is -2.52. The molecular formula is C19H16BrF4N3. The molecular weight excluding hydrogens is 426 g/mol. The van der Waals surface area contributed by atoms with Crippen LogP contribution in [0.25, 0.3) is 0 Å². The first-order valence-electron chi connectivity index (χ1n) is 8.29. The topological polar surface area (TPSA) is 30.3 Å². The van der Waals surface area contributed by atoms with Crippen LogP contribution in [0.2, 0.25) is 0 Å². The van der Waals surface area contributed by atoms with Gasteiger partial charge in [0.2, 0.25) is 0 Å². The predicted octanol–water partition coefficient (Wildman–Crippen LogP) is 5.19. The first kappa shape index (κ1) is 19.5. The minimum Gasteiger partial charge on any atom is -0.365 e. The average molecular weight is 442 g/mol. The maximum atomic E-state index is 14.7. The van der Waals surface area contributed by atoms with Crippen LogP contribution in [0.4, 0.5) is 28.9 Å². The molecule has 1 saturated heterocycles. The molecule has 0 spiro atoms. The van der Waals surface area contributed by atoms with E-state index >= 15 is 0 Å². The molecule has 8 heteroatoms. The van der Waals surface area contributed by atoms with Crippen molar-refractivity contribution in [2.24, 2.45) is 0 Å². The number of piperazine rings is 1. The van der Waals surface area contributed by atoms with Gasteiger partial charge in [0.1, 0.15) is 5.56 Å². The monoisotopic (exact) mass is 441 g/mol. The minimum absolute atomic E-state index is 0.0238. The smallest absolute Gasteiger partial charge is 0.365 e. The molecule has 3 rings (SSSR count). The van der Waals surface area contributed by atoms with Crippen molar-refractivity contribution >= 4 is 27.3 Å². The highest BCUT2D eigenvalue weighted by Gasteiger charge is 2.39. The van der Waals surface area contributed by atoms with Gasteiger partial charge in [0.05, 0.1) is 17.3 Å². The Morgan fingerprint density at radius 1 is 1.11 bits per heavy atom. The molecule has 142 valence electrons. The summed E-state index contributed by atoms with van der Waals surface area (Å²) in [5.74, 6) is -1.38. The van der Waals surface area contributed by atoms with E-state index in [0.717, 1.165) is 16.2 Å². The summed E-state index contributed by atoms with van der Waals surface area (Å²) in [7, 11) is 0. The third-order valence-electron chi connectivity index (χ3n) is 4.65. The van der Waals surface area contributed by atoms with Crippen molar-refractivity contribution in [1.29, 1.82) is 5.26 Å². The molecule has 1 atom stereocenters. The molecule has 2 aromatic carbocycles. The zero-order chi connectivity index (χ0) is 19.8. The van der Waals surface area contributed by atoms with E-state index in [9.17, 15) is 17.6 Å². The highest BCUT2D eigenvalue weighted by Crippen LogP contribution is 2.38. The van der Waals surface area contributed by atoms with Crippen molar-refractivity contribution in [1.82, 2.24) is 0 Å². The summed E-state index contributed by atoms with van der Waals surface area (Å²) in [6.45, 7) is 3.24. The molecule has 1 fully saturated rings. The highest BCUT2D eigenvalue weighted by atomic mass is 79.9. The number of benzene rings is 2. The summed E-state index contributed by atoms with van der Waals surface area (Å²) < 4.78 is 55.3. The Morgan fingerprint density at radius 3 is 2.33 bits per heavy atom. The highest BCUT2D eigenvalue weighted by molar-refractivity contribution is 9.10. The fraction of sp³-hybridized carbons (Fsp3) is 0.316. The Balaban J connectivity index is 1.87. The molecule has 0 aromatic heterocycles. The van der Waals surface area contributed by atoms with Crippen LogP contribution < -0.4 is 9.80 Å². The number of hydrogen-bond acceptors (Lipinski definition) is 3. The van der Waals surface area contributed by atoms with Crippen LogP contribution in [0.5, 0.6) is 0 Å². The van der Waals surface area contributed by atoms with Crippen LogP contribution in [0, 0.1) is 17.1 Å². The molecule has 0 saturated carbocycles. The molecule has 0 radical (unpaired) electrons. The lowest BCUT2D eigenvalue weighted by Gasteiger charge is -2.42. The largest absolute Gasteiger partial charge is 0.420 e. The van der Waals surface area contributed by atoms with Gasteiger partial charge in [-0.2, -0.15) is 18.4 Å². The van der Waals surface area contributed by atoms with E-state index in [1.165, 1.54) is 12.1 Å². The molecule has 3 nitrogen and oxygen atoms in total. The van der Waals surface area contributed by atoms with Crippen molar-refractivity contribution in [2.75, 3.05) is 29.4 Å². The molecule has 0 amide bonds. The van der Waals surface area contributed by atoms with Crippen molar-refractivity contribution in [3.05, 3.63) is 57.8 Å². The standard InChI is InChI=1S/C19H16BrF4N3/c1-12-11-26(8-9-27(12)15-5-3-14(20)4-6-15)16-7-2-13(10-25)17(18(16)21)19(22,23)24/h2-7,12H,8-9,11H2,1H3. The molecule has 0 bridgehead atoms. The molecule has 1 aliphatic heterocycles. The summed E-state index contributed by atoms with van der Waals surface area (Å²) in [6, 6.07) is 11.4. The Hall–Kier alpha value is -2.27. The minimum atomic E-state index is -4.92. The number of hydrogen-bond donors (Lipinski definition) is 0. The first-order chi connectivity index (χ1) is 12.7. The van der Waals surface area contributed by atoms with Crippen molar-refractivity contribution in [3.63, 3.8) is 0 Å². The van der Waals surface area contributed by atoms with E-state index in [1.807, 2.05) is 31.2 Å². The Morgan fingerprint density at radius 2 is 1.78 bits per heavy atom. The van der Waals surface area contributed by atoms with Gasteiger partial charge < -0.3 is 9.80 Å². The summed E-state index contributed by atoms with van der Waals surface area (Å²) >= 11 is 3.38. The molecule has 1 aliphatic rings. The average Bonchev–Trinajstić information content (AvgIpc) is 2.61. The van der Waals surface area contributed by atoms with Gasteiger partial charge in [0.25, 0.3) is 0 Å². The second-order valence-corrected chi connectivity index (χ2v) is 7.31. The Kier molecular flexibility index (Phi) is 5.33. The van der Waals surface area contributed by atoms with Gasteiger partial charge in [-0.05, 0) is 43.3 Å². The normalized spacial score (nSPS) is 17.7. The van der Waals surface area contributed by atoms with Crippen molar-refractivity contribution < 1.29 is 17.6 Å². The third kappa shape index (κ3) is 3.88. The van der Waals surface area contributed by atoms with E-state index in [-0.39, 0.29) is 11.7 Å². The number of alkyl halides is 3. The number of nitriles is 1. The van der Waals surface area contributed by atoms with Crippen LogP contribution in [0.1, 0.15) is 18.1 Å². The van der Waals surface area contributed by atoms with Gasteiger partial charge in [0.15, 0.2) is 5.82 Å². The maximum Gasteiger partial charge on any atom is 0.420 e. The van der Waals surface area contributed by atoms with E-state index in [1.54, 1.807) is 4.90 Å². The van der Waals surface area contributed by atoms with Gasteiger partial charge in [0, 0.05) is 35.8 Å². The summed E-state index contributed by atoms with van der Waals surface area (Å²) in [5, 5.41) is 8.89. The second kappa shape index (κ2) is 7.39. The van der Waals surface area contributed by atoms with E-state index in [4.69, 9.17) is 5.26 Å². The van der Waals surface area contributed by atoms with Gasteiger partial charge in [-0.1, -0.05) is 15.9 Å². The molecule has 1 heterocycles. The van der Waals surface area contributed by atoms with Crippen LogP contribution in [0.3, 0.4) is 0 Å². The summed E-state index contributed by atoms with van der Waals surface area (Å²) in [4.78, 5) is 3.74. The quantitative estimate of drug-likeness (QED) is 0.600. The van der Waals surface area contributed by atoms with Gasteiger partial charge in [-0.25, -0.2) is 4.39 Å². The lowest BCUT2D eigenvalue weighted by molar-refractivity contribution is -0.140. The maximum absolute atomic E-state index is 14.7. The van der Waals surface area contributed by atoms with Crippen molar-refractivity contribution in [2.45, 2.75) is 19.1 Å². The number of halogens is 5. The zero-order valence-corrected chi connectivity index (χ0v) is 16.0. The SMILES string of the molecule is CC1CN(c2ccc(C#N)c(C(F)(F)F)c2F)CCN1c1ccc(Br)cc1. The van der Waals surface area contributed by atoms with Gasteiger partial charge in [-0.15, -0.1) is 0 Å². The van der Waals surface area contributed by atoms with Gasteiger partial charge in [-0.3, -0.25) is 0 Å². The van der Waals surface area contributed by atoms with Crippen LogP contribution in [-0.2, 0) is 6.18 Å². The molecule has 0 aliphatic carbocycles. The van der Waals surface area contributed by atoms with E-state index < -0.39 is 23.1 Å². The number of anilines is 2. The Bertz CT molecular complexity index is 874. The summed E-state index contributed by atoms with van der Waals surface area (Å²) in [6.07, 6.45) is -4.92. The summed E-state index contributed by atoms with van der Waals surface area (Å²) in [5.41, 5.74) is -1.32. The van der Waals surface area contributed by atoms with Gasteiger partial charge >= 0.3 is 6.18 Å². The predicted molar refractivity (Wildman–Crippen MR) is 99.3 cm³/mol. The first-order valence-corrected chi connectivity index (χ1v) is 9.08. The molecule has 27 heavy (non-hydrogen) atoms. The number of rotatable bonds is 2. The number of nitrogens with zero attached hydrogens (tertiary/aromatic N) is 3. The van der Waals surface area contributed by atoms with E-state index in [0.29, 0.717) is 19.6 Å². The van der Waals surface area contributed by atoms with Crippen LogP contribution in [0.15, 0.2) is 40.9 Å². The molecule has 2 aromatic rings. The molecule has 1 unspecified atom stereocenters. The third-order valence-corrected chi connectivity index (χ3v) is 5.18. The fourth-order valence-corrected chi connectivity index (χ4v) is 3.64. The fourth-order valence-electron chi connectivity index (χ4n) is 3.37. The van der Waals surface area contributed by atoms with Crippen molar-refractivity contribution in [3.8, 4) is 6.07 Å². The van der Waals surface area contributed by atoms with E-state index in [2.05, 4.69) is 20.8 Å². The lowest BCUT2D eigenvalue weighted by atomic mass is 10.0. The van der Waals surface area contributed by atoms with Crippen LogP contribution in [-0.4, -0.2) is 25.7 Å². The second-order valence-electron chi connectivity index (χ2n) is 6.40. The Labute approximate surface area is 162 Å². The van der Waals surface area contributed by atoms with Crippen LogP contribution >= 0.6 is 15.9 Å².